The van der Waals surface area contributed by atoms with Gasteiger partial charge in [0.15, 0.2) is 0 Å². The lowest BCUT2D eigenvalue weighted by molar-refractivity contribution is -0.128. The number of nitrogens with zero attached hydrogens (tertiary/aromatic N) is 1. The van der Waals surface area contributed by atoms with E-state index in [1.165, 1.54) is 5.75 Å². The molecular weight excluding hydrogens is 172 g/mol. The van der Waals surface area contributed by atoms with Crippen LogP contribution in [0.4, 0.5) is 0 Å². The fourth-order valence-electron chi connectivity index (χ4n) is 1.82. The summed E-state index contributed by atoms with van der Waals surface area (Å²) in [6.45, 7) is 3.53. The lowest BCUT2D eigenvalue weighted by Crippen LogP contribution is -2.41. The van der Waals surface area contributed by atoms with Crippen molar-refractivity contribution in [3.63, 3.8) is 0 Å². The Morgan fingerprint density at radius 3 is 2.92 bits per heavy atom. The van der Waals surface area contributed by atoms with Gasteiger partial charge in [0.05, 0.1) is 13.2 Å². The lowest BCUT2D eigenvalue weighted by atomic mass is 10.1. The summed E-state index contributed by atoms with van der Waals surface area (Å²) in [5.74, 6) is 3.26. The Hall–Kier alpha value is -0.220. The fourth-order valence-corrected chi connectivity index (χ4v) is 3.30. The van der Waals surface area contributed by atoms with Crippen molar-refractivity contribution in [1.82, 2.24) is 10.2 Å². The van der Waals surface area contributed by atoms with Crippen LogP contribution in [0.5, 0.6) is 0 Å². The molecule has 2 rings (SSSR count). The van der Waals surface area contributed by atoms with Crippen LogP contribution in [0.25, 0.3) is 0 Å². The van der Waals surface area contributed by atoms with Crippen LogP contribution < -0.4 is 5.32 Å². The van der Waals surface area contributed by atoms with Crippen LogP contribution in [-0.4, -0.2) is 41.6 Å². The van der Waals surface area contributed by atoms with E-state index >= 15 is 0 Å². The van der Waals surface area contributed by atoms with Crippen molar-refractivity contribution in [3.8, 4) is 0 Å². The van der Waals surface area contributed by atoms with Crippen molar-refractivity contribution in [2.45, 2.75) is 13.0 Å². The molecule has 0 aromatic rings. The molecule has 1 amide bonds. The van der Waals surface area contributed by atoms with Crippen LogP contribution in [0.1, 0.15) is 6.92 Å². The highest BCUT2D eigenvalue weighted by atomic mass is 32.2. The van der Waals surface area contributed by atoms with Crippen LogP contribution in [0.15, 0.2) is 0 Å². The fraction of sp³-hybridized carbons (Fsp3) is 0.875. The van der Waals surface area contributed by atoms with E-state index in [2.05, 4.69) is 12.2 Å². The Bertz CT molecular complexity index is 197. The molecule has 68 valence electrons. The minimum atomic E-state index is 0.273. The Labute approximate surface area is 76.9 Å². The third-order valence-electron chi connectivity index (χ3n) is 2.61. The zero-order valence-electron chi connectivity index (χ0n) is 7.25. The molecule has 2 unspecified atom stereocenters. The molecule has 0 bridgehead atoms. The average molecular weight is 186 g/mol. The molecule has 2 heterocycles. The summed E-state index contributed by atoms with van der Waals surface area (Å²) < 4.78 is 0. The summed E-state index contributed by atoms with van der Waals surface area (Å²) in [6, 6.07) is 0.484. The van der Waals surface area contributed by atoms with Crippen molar-refractivity contribution in [2.75, 3.05) is 24.7 Å². The van der Waals surface area contributed by atoms with E-state index in [1.54, 1.807) is 0 Å². The number of carbonyl (C=O) groups excluding carboxylic acids is 1. The van der Waals surface area contributed by atoms with Gasteiger partial charge in [0.2, 0.25) is 5.91 Å². The number of hydrogen-bond donors (Lipinski definition) is 1. The van der Waals surface area contributed by atoms with Gasteiger partial charge in [-0.15, -0.1) is 0 Å². The van der Waals surface area contributed by atoms with E-state index in [0.717, 1.165) is 12.4 Å². The Morgan fingerprint density at radius 2 is 2.42 bits per heavy atom. The molecule has 2 aliphatic heterocycles. The first-order valence-corrected chi connectivity index (χ1v) is 5.52. The standard InChI is InChI=1S/C8H14N2OS/c1-6-3-12-4-7(6)10-5-9-2-8(10)11/h6-7,9H,2-5H2,1H3. The predicted octanol–water partition coefficient (Wildman–Crippen LogP) is 0.127. The highest BCUT2D eigenvalue weighted by Gasteiger charge is 2.34. The van der Waals surface area contributed by atoms with Gasteiger partial charge in [-0.3, -0.25) is 10.1 Å². The summed E-state index contributed by atoms with van der Waals surface area (Å²) in [5, 5.41) is 3.09. The molecule has 2 saturated heterocycles. The van der Waals surface area contributed by atoms with Crippen molar-refractivity contribution in [3.05, 3.63) is 0 Å². The third-order valence-corrected chi connectivity index (χ3v) is 3.94. The smallest absolute Gasteiger partial charge is 0.237 e. The maximum absolute atomic E-state index is 11.4. The SMILES string of the molecule is CC1CSCC1N1CNCC1=O. The van der Waals surface area contributed by atoms with E-state index in [0.29, 0.717) is 18.5 Å². The summed E-state index contributed by atoms with van der Waals surface area (Å²) in [6.07, 6.45) is 0. The van der Waals surface area contributed by atoms with Gasteiger partial charge in [0, 0.05) is 11.8 Å². The molecule has 0 aromatic heterocycles. The highest BCUT2D eigenvalue weighted by molar-refractivity contribution is 7.99. The summed E-state index contributed by atoms with van der Waals surface area (Å²) in [7, 11) is 0. The van der Waals surface area contributed by atoms with Crippen molar-refractivity contribution in [1.29, 1.82) is 0 Å². The van der Waals surface area contributed by atoms with Gasteiger partial charge in [-0.05, 0) is 11.7 Å². The number of hydrogen-bond acceptors (Lipinski definition) is 3. The Kier molecular flexibility index (Phi) is 2.28. The predicted molar refractivity (Wildman–Crippen MR) is 50.0 cm³/mol. The van der Waals surface area contributed by atoms with Crippen LogP contribution in [0.2, 0.25) is 0 Å². The number of carbonyl (C=O) groups is 1. The molecule has 0 saturated carbocycles. The maximum Gasteiger partial charge on any atom is 0.237 e. The Balaban J connectivity index is 2.03. The van der Waals surface area contributed by atoms with E-state index < -0.39 is 0 Å². The summed E-state index contributed by atoms with van der Waals surface area (Å²) >= 11 is 1.96. The topological polar surface area (TPSA) is 32.3 Å². The average Bonchev–Trinajstić information content (AvgIpc) is 2.59. The van der Waals surface area contributed by atoms with Gasteiger partial charge < -0.3 is 4.90 Å². The lowest BCUT2D eigenvalue weighted by Gasteiger charge is -2.25. The van der Waals surface area contributed by atoms with Gasteiger partial charge in [0.25, 0.3) is 0 Å². The molecule has 2 aliphatic rings. The second-order valence-corrected chi connectivity index (χ2v) is 4.61. The van der Waals surface area contributed by atoms with Gasteiger partial charge in [-0.25, -0.2) is 0 Å². The zero-order valence-corrected chi connectivity index (χ0v) is 8.06. The Morgan fingerprint density at radius 1 is 1.58 bits per heavy atom. The molecule has 0 aromatic carbocycles. The molecule has 2 atom stereocenters. The van der Waals surface area contributed by atoms with E-state index in [4.69, 9.17) is 0 Å². The summed E-state index contributed by atoms with van der Waals surface area (Å²) in [5.41, 5.74) is 0. The highest BCUT2D eigenvalue weighted by Crippen LogP contribution is 2.28. The molecule has 1 N–H and O–H groups in total. The largest absolute Gasteiger partial charge is 0.325 e. The number of amides is 1. The van der Waals surface area contributed by atoms with Gasteiger partial charge in [-0.1, -0.05) is 6.92 Å². The van der Waals surface area contributed by atoms with Gasteiger partial charge in [0.1, 0.15) is 0 Å². The van der Waals surface area contributed by atoms with Crippen molar-refractivity contribution in [2.24, 2.45) is 5.92 Å². The second-order valence-electron chi connectivity index (χ2n) is 3.53. The number of thioether (sulfide) groups is 1. The van der Waals surface area contributed by atoms with Crippen LogP contribution >= 0.6 is 11.8 Å². The van der Waals surface area contributed by atoms with Crippen molar-refractivity contribution >= 4 is 17.7 Å². The first-order valence-electron chi connectivity index (χ1n) is 4.37. The van der Waals surface area contributed by atoms with Crippen LogP contribution in [0, 0.1) is 5.92 Å². The molecule has 12 heavy (non-hydrogen) atoms. The van der Waals surface area contributed by atoms with Crippen LogP contribution in [0.3, 0.4) is 0 Å². The molecule has 3 nitrogen and oxygen atoms in total. The minimum absolute atomic E-state index is 0.273. The quantitative estimate of drug-likeness (QED) is 0.631. The van der Waals surface area contributed by atoms with Crippen LogP contribution in [-0.2, 0) is 4.79 Å². The maximum atomic E-state index is 11.4. The van der Waals surface area contributed by atoms with E-state index in [9.17, 15) is 4.79 Å². The first kappa shape index (κ1) is 8.38. The third kappa shape index (κ3) is 1.33. The first-order chi connectivity index (χ1) is 5.79. The van der Waals surface area contributed by atoms with E-state index in [1.807, 2.05) is 16.7 Å². The number of nitrogens with one attached hydrogen (secondary N) is 1. The molecule has 0 aliphatic carbocycles. The second kappa shape index (κ2) is 3.26. The molecule has 4 heteroatoms. The molecule has 0 spiro atoms. The molecule has 0 radical (unpaired) electrons. The van der Waals surface area contributed by atoms with E-state index in [-0.39, 0.29) is 5.91 Å². The van der Waals surface area contributed by atoms with Gasteiger partial charge in [-0.2, -0.15) is 11.8 Å². The molecular formula is C8H14N2OS. The van der Waals surface area contributed by atoms with Gasteiger partial charge >= 0.3 is 0 Å². The normalized spacial score (nSPS) is 36.4. The number of rotatable bonds is 1. The monoisotopic (exact) mass is 186 g/mol. The zero-order chi connectivity index (χ0) is 8.55. The molecule has 2 fully saturated rings. The van der Waals surface area contributed by atoms with Crippen molar-refractivity contribution < 1.29 is 4.79 Å². The summed E-state index contributed by atoms with van der Waals surface area (Å²) in [4.78, 5) is 13.4. The minimum Gasteiger partial charge on any atom is -0.325 e.